The number of carbonyl (C=O) groups is 3. The highest BCUT2D eigenvalue weighted by Gasteiger charge is 2.25. The topological polar surface area (TPSA) is 77.4 Å². The van der Waals surface area contributed by atoms with Crippen molar-refractivity contribution in [2.24, 2.45) is 7.05 Å². The van der Waals surface area contributed by atoms with E-state index in [0.29, 0.717) is 16.1 Å². The van der Waals surface area contributed by atoms with Crippen molar-refractivity contribution in [1.29, 1.82) is 0 Å². The lowest BCUT2D eigenvalue weighted by atomic mass is 10.0. The highest BCUT2D eigenvalue weighted by atomic mass is 35.5. The number of carbonyl (C=O) groups excluding carboxylic acids is 3. The van der Waals surface area contributed by atoms with Gasteiger partial charge in [-0.05, 0) is 29.3 Å². The number of halogens is 1. The molecule has 0 spiro atoms. The second kappa shape index (κ2) is 12.0. The average molecular weight is 551 g/mol. The van der Waals surface area contributed by atoms with Crippen molar-refractivity contribution in [3.05, 3.63) is 131 Å². The van der Waals surface area contributed by atoms with E-state index in [1.165, 1.54) is 0 Å². The summed E-state index contributed by atoms with van der Waals surface area (Å²) in [7, 11) is 1.92. The van der Waals surface area contributed by atoms with Crippen molar-refractivity contribution in [1.82, 2.24) is 9.88 Å². The largest absolute Gasteiger partial charge is 0.457 e. The van der Waals surface area contributed by atoms with E-state index in [-0.39, 0.29) is 12.2 Å². The number of nitrogens with one attached hydrogen (secondary N) is 1. The molecule has 0 aliphatic carbocycles. The van der Waals surface area contributed by atoms with E-state index >= 15 is 0 Å². The number of benzene rings is 4. The predicted octanol–water partition coefficient (Wildman–Crippen LogP) is 6.79. The van der Waals surface area contributed by atoms with E-state index in [9.17, 15) is 14.4 Å². The Kier molecular flexibility index (Phi) is 8.08. The number of Topliss-reactive ketones (excluding diaryl/α,β-unsaturated/α-hetero) is 1. The van der Waals surface area contributed by atoms with Crippen LogP contribution in [0, 0.1) is 0 Å². The number of hydrogen-bond acceptors (Lipinski definition) is 4. The lowest BCUT2D eigenvalue weighted by Crippen LogP contribution is -2.31. The van der Waals surface area contributed by atoms with E-state index < -0.39 is 24.5 Å². The fraction of sp³-hybridized carbons (Fsp3) is 0.121. The highest BCUT2D eigenvalue weighted by molar-refractivity contribution is 6.33. The first-order valence-electron chi connectivity index (χ1n) is 12.9. The van der Waals surface area contributed by atoms with Crippen molar-refractivity contribution in [2.45, 2.75) is 12.5 Å². The second-order valence-electron chi connectivity index (χ2n) is 9.37. The lowest BCUT2D eigenvalue weighted by Gasteiger charge is -2.19. The van der Waals surface area contributed by atoms with Crippen LogP contribution in [0.3, 0.4) is 0 Å². The summed E-state index contributed by atoms with van der Waals surface area (Å²) in [6.45, 7) is -0.424. The van der Waals surface area contributed by atoms with Crippen molar-refractivity contribution in [3.8, 4) is 11.3 Å². The minimum absolute atomic E-state index is 0.158. The van der Waals surface area contributed by atoms with Crippen molar-refractivity contribution in [2.75, 3.05) is 6.61 Å². The van der Waals surface area contributed by atoms with Crippen LogP contribution >= 0.6 is 11.6 Å². The molecule has 40 heavy (non-hydrogen) atoms. The molecule has 0 radical (unpaired) electrons. The predicted molar refractivity (Wildman–Crippen MR) is 156 cm³/mol. The Labute approximate surface area is 237 Å². The van der Waals surface area contributed by atoms with Gasteiger partial charge < -0.3 is 14.6 Å². The Morgan fingerprint density at radius 1 is 0.825 bits per heavy atom. The molecule has 5 aromatic rings. The Morgan fingerprint density at radius 2 is 1.45 bits per heavy atom. The smallest absolute Gasteiger partial charge is 0.308 e. The lowest BCUT2D eigenvalue weighted by molar-refractivity contribution is -0.143. The van der Waals surface area contributed by atoms with Crippen molar-refractivity contribution in [3.63, 3.8) is 0 Å². The number of fused-ring (bicyclic) bond motifs is 1. The van der Waals surface area contributed by atoms with Gasteiger partial charge in [0.25, 0.3) is 5.91 Å². The van der Waals surface area contributed by atoms with Crippen molar-refractivity contribution >= 4 is 40.2 Å². The third-order valence-electron chi connectivity index (χ3n) is 6.79. The fourth-order valence-corrected chi connectivity index (χ4v) is 5.09. The molecule has 6 nitrogen and oxygen atoms in total. The summed E-state index contributed by atoms with van der Waals surface area (Å²) in [5.41, 5.74) is 4.09. The molecule has 0 fully saturated rings. The third-order valence-corrected chi connectivity index (χ3v) is 7.12. The van der Waals surface area contributed by atoms with Crippen LogP contribution in [0.5, 0.6) is 0 Å². The zero-order chi connectivity index (χ0) is 28.1. The third kappa shape index (κ3) is 5.67. The van der Waals surface area contributed by atoms with E-state index in [0.717, 1.165) is 27.7 Å². The summed E-state index contributed by atoms with van der Waals surface area (Å²) < 4.78 is 7.48. The van der Waals surface area contributed by atoms with E-state index in [2.05, 4.69) is 5.32 Å². The number of nitrogens with zero attached hydrogens (tertiary/aromatic N) is 1. The SMILES string of the molecule is Cn1c(-c2ccccc2)c(C(=O)COC(=O)C[C@H](NC(=O)c2ccccc2Cl)c2ccccc2)c2ccccc21. The maximum Gasteiger partial charge on any atom is 0.308 e. The first-order valence-corrected chi connectivity index (χ1v) is 13.2. The zero-order valence-corrected chi connectivity index (χ0v) is 22.6. The number of rotatable bonds is 9. The molecule has 0 saturated carbocycles. The van der Waals surface area contributed by atoms with Crippen LogP contribution in [0.2, 0.25) is 5.02 Å². The average Bonchev–Trinajstić information content (AvgIpc) is 3.29. The molecular weight excluding hydrogens is 524 g/mol. The molecule has 7 heteroatoms. The molecule has 0 aliphatic heterocycles. The molecule has 1 heterocycles. The molecule has 4 aromatic carbocycles. The molecule has 1 aromatic heterocycles. The number of esters is 1. The minimum Gasteiger partial charge on any atom is -0.457 e. The van der Waals surface area contributed by atoms with Gasteiger partial charge in [-0.2, -0.15) is 0 Å². The van der Waals surface area contributed by atoms with Crippen LogP contribution in [0.4, 0.5) is 0 Å². The van der Waals surface area contributed by atoms with Gasteiger partial charge in [-0.1, -0.05) is 103 Å². The van der Waals surface area contributed by atoms with Gasteiger partial charge in [0.05, 0.1) is 34.3 Å². The van der Waals surface area contributed by atoms with Gasteiger partial charge >= 0.3 is 5.97 Å². The van der Waals surface area contributed by atoms with E-state index in [1.807, 2.05) is 96.5 Å². The van der Waals surface area contributed by atoms with Crippen LogP contribution in [0.25, 0.3) is 22.2 Å². The highest BCUT2D eigenvalue weighted by Crippen LogP contribution is 2.33. The molecule has 5 rings (SSSR count). The van der Waals surface area contributed by atoms with Crippen LogP contribution in [0.1, 0.15) is 38.7 Å². The first kappa shape index (κ1) is 26.9. The summed E-state index contributed by atoms with van der Waals surface area (Å²) in [5.74, 6) is -1.32. The van der Waals surface area contributed by atoms with Gasteiger partial charge in [-0.25, -0.2) is 0 Å². The Hall–Kier alpha value is -4.68. The molecular formula is C33H27ClN2O4. The first-order chi connectivity index (χ1) is 19.4. The molecule has 0 unspecified atom stereocenters. The molecule has 200 valence electrons. The summed E-state index contributed by atoms with van der Waals surface area (Å²) in [5, 5.41) is 3.99. The van der Waals surface area contributed by atoms with Crippen LogP contribution in [0.15, 0.2) is 109 Å². The molecule has 1 amide bonds. The summed E-state index contributed by atoms with van der Waals surface area (Å²) >= 11 is 6.21. The number of ether oxygens (including phenoxy) is 1. The van der Waals surface area contributed by atoms with Crippen LogP contribution < -0.4 is 5.32 Å². The quantitative estimate of drug-likeness (QED) is 0.162. The monoisotopic (exact) mass is 550 g/mol. The summed E-state index contributed by atoms with van der Waals surface area (Å²) in [4.78, 5) is 39.5. The number of aromatic nitrogens is 1. The Bertz CT molecular complexity index is 1680. The number of para-hydroxylation sites is 1. The van der Waals surface area contributed by atoms with Crippen LogP contribution in [-0.2, 0) is 16.6 Å². The van der Waals surface area contributed by atoms with Gasteiger partial charge in [-0.3, -0.25) is 14.4 Å². The van der Waals surface area contributed by atoms with Gasteiger partial charge in [0.2, 0.25) is 5.78 Å². The standard InChI is InChI=1S/C33H27ClN2O4/c1-36-28-19-11-9-17-25(28)31(32(36)23-14-6-3-7-15-23)29(37)21-40-30(38)20-27(22-12-4-2-5-13-22)35-33(39)24-16-8-10-18-26(24)34/h2-19,27H,20-21H2,1H3,(H,35,39)/t27-/m0/s1. The maximum absolute atomic E-state index is 13.6. The van der Waals surface area contributed by atoms with Gasteiger partial charge in [0.15, 0.2) is 6.61 Å². The molecule has 0 saturated heterocycles. The zero-order valence-electron chi connectivity index (χ0n) is 21.8. The minimum atomic E-state index is -0.676. The fourth-order valence-electron chi connectivity index (χ4n) is 4.87. The van der Waals surface area contributed by atoms with E-state index in [1.54, 1.807) is 24.3 Å². The van der Waals surface area contributed by atoms with Gasteiger partial charge in [0, 0.05) is 18.0 Å². The second-order valence-corrected chi connectivity index (χ2v) is 9.78. The van der Waals surface area contributed by atoms with Crippen LogP contribution in [-0.4, -0.2) is 28.8 Å². The summed E-state index contributed by atoms with van der Waals surface area (Å²) in [6, 6.07) is 32.5. The number of hydrogen-bond donors (Lipinski definition) is 1. The number of ketones is 1. The van der Waals surface area contributed by atoms with Gasteiger partial charge in [0.1, 0.15) is 0 Å². The van der Waals surface area contributed by atoms with E-state index in [4.69, 9.17) is 16.3 Å². The number of amides is 1. The molecule has 0 bridgehead atoms. The summed E-state index contributed by atoms with van der Waals surface area (Å²) in [6.07, 6.45) is -0.158. The number of aryl methyl sites for hydroxylation is 1. The molecule has 1 atom stereocenters. The molecule has 1 N–H and O–H groups in total. The van der Waals surface area contributed by atoms with Crippen molar-refractivity contribution < 1.29 is 19.1 Å². The Balaban J connectivity index is 1.35. The Morgan fingerprint density at radius 3 is 2.17 bits per heavy atom. The normalized spacial score (nSPS) is 11.7. The molecule has 0 aliphatic rings. The maximum atomic E-state index is 13.6. The van der Waals surface area contributed by atoms with Gasteiger partial charge in [-0.15, -0.1) is 0 Å².